The van der Waals surface area contributed by atoms with Gasteiger partial charge in [0.25, 0.3) is 0 Å². The van der Waals surface area contributed by atoms with Gasteiger partial charge in [0.2, 0.25) is 0 Å². The van der Waals surface area contributed by atoms with Gasteiger partial charge in [-0.2, -0.15) is 0 Å². The molecule has 4 saturated carbocycles. The van der Waals surface area contributed by atoms with E-state index in [-0.39, 0.29) is 10.8 Å². The minimum absolute atomic E-state index is 0.0386. The number of benzene rings is 8. The molecule has 5 unspecified atom stereocenters. The van der Waals surface area contributed by atoms with E-state index in [1.54, 1.807) is 11.1 Å². The third-order valence-electron chi connectivity index (χ3n) is 16.5. The Bertz CT molecular complexity index is 3140. The third-order valence-corrected chi connectivity index (χ3v) is 16.5. The van der Waals surface area contributed by atoms with Crippen LogP contribution in [-0.2, 0) is 23.7 Å². The first kappa shape index (κ1) is 38.1. The zero-order valence-electron chi connectivity index (χ0n) is 37.3. The molecule has 312 valence electrons. The van der Waals surface area contributed by atoms with Crippen LogP contribution in [0.15, 0.2) is 182 Å². The summed E-state index contributed by atoms with van der Waals surface area (Å²) in [5.74, 6) is 3.16. The van der Waals surface area contributed by atoms with Crippen molar-refractivity contribution in [3.63, 3.8) is 0 Å². The SMILES string of the molecule is CC(C)(C)c1ccc2c(c1)-c1ccccc1-c1cccc(N(c3ccc4c(c3)C3(c5ccccc5-4)C4CC5CC(C4)C3C5)c3ccccc3-c3ccccc3)c1-c1ccccc1CC2. The summed E-state index contributed by atoms with van der Waals surface area (Å²) in [6.45, 7) is 7.01. The molecule has 1 heteroatoms. The highest BCUT2D eigenvalue weighted by Gasteiger charge is 2.66. The molecule has 1 spiro atoms. The summed E-state index contributed by atoms with van der Waals surface area (Å²) in [7, 11) is 0. The molecular formula is C63H55N. The van der Waals surface area contributed by atoms with Crippen molar-refractivity contribution in [1.82, 2.24) is 0 Å². The second-order valence-corrected chi connectivity index (χ2v) is 20.8. The molecule has 6 aliphatic carbocycles. The van der Waals surface area contributed by atoms with Crippen LogP contribution in [0.25, 0.3) is 55.6 Å². The molecule has 14 rings (SSSR count). The topological polar surface area (TPSA) is 3.24 Å². The van der Waals surface area contributed by atoms with Gasteiger partial charge in [-0.05, 0) is 164 Å². The van der Waals surface area contributed by atoms with E-state index in [1.807, 2.05) is 0 Å². The van der Waals surface area contributed by atoms with Crippen molar-refractivity contribution in [1.29, 1.82) is 0 Å². The highest BCUT2D eigenvalue weighted by atomic mass is 15.1. The molecule has 5 atom stereocenters. The average Bonchev–Trinajstić information content (AvgIpc) is 3.87. The van der Waals surface area contributed by atoms with Crippen molar-refractivity contribution in [2.75, 3.05) is 4.90 Å². The van der Waals surface area contributed by atoms with E-state index < -0.39 is 0 Å². The van der Waals surface area contributed by atoms with Crippen LogP contribution in [0, 0.1) is 23.7 Å². The number of anilines is 3. The number of hydrogen-bond acceptors (Lipinski definition) is 1. The van der Waals surface area contributed by atoms with Crippen LogP contribution in [0.2, 0.25) is 0 Å². The molecule has 0 heterocycles. The second-order valence-electron chi connectivity index (χ2n) is 20.8. The molecule has 8 aromatic rings. The monoisotopic (exact) mass is 825 g/mol. The zero-order valence-corrected chi connectivity index (χ0v) is 37.3. The number of fused-ring (bicyclic) bond motifs is 10. The van der Waals surface area contributed by atoms with E-state index in [2.05, 4.69) is 208 Å². The molecule has 64 heavy (non-hydrogen) atoms. The van der Waals surface area contributed by atoms with E-state index in [9.17, 15) is 0 Å². The van der Waals surface area contributed by atoms with Crippen LogP contribution in [0.5, 0.6) is 0 Å². The predicted molar refractivity (Wildman–Crippen MR) is 268 cm³/mol. The fraction of sp³-hybridized carbons (Fsp3) is 0.238. The van der Waals surface area contributed by atoms with Crippen molar-refractivity contribution >= 4 is 17.1 Å². The van der Waals surface area contributed by atoms with Crippen molar-refractivity contribution in [3.05, 3.63) is 210 Å². The average molecular weight is 826 g/mol. The van der Waals surface area contributed by atoms with Crippen molar-refractivity contribution in [2.45, 2.75) is 70.1 Å². The van der Waals surface area contributed by atoms with E-state index >= 15 is 0 Å². The molecule has 1 nitrogen and oxygen atoms in total. The Morgan fingerprint density at radius 1 is 0.453 bits per heavy atom. The van der Waals surface area contributed by atoms with E-state index in [0.29, 0.717) is 11.8 Å². The number of rotatable bonds is 4. The molecule has 0 N–H and O–H groups in total. The Morgan fingerprint density at radius 3 is 1.89 bits per heavy atom. The highest BCUT2D eigenvalue weighted by Crippen LogP contribution is 2.73. The molecular weight excluding hydrogens is 771 g/mol. The lowest BCUT2D eigenvalue weighted by Crippen LogP contribution is -2.40. The second kappa shape index (κ2) is 14.3. The van der Waals surface area contributed by atoms with Crippen LogP contribution in [0.3, 0.4) is 0 Å². The van der Waals surface area contributed by atoms with Crippen LogP contribution in [-0.4, -0.2) is 0 Å². The lowest BCUT2D eigenvalue weighted by Gasteiger charge is -2.44. The fourth-order valence-electron chi connectivity index (χ4n) is 14.0. The van der Waals surface area contributed by atoms with Gasteiger partial charge in [-0.15, -0.1) is 0 Å². The van der Waals surface area contributed by atoms with E-state index in [4.69, 9.17) is 0 Å². The van der Waals surface area contributed by atoms with Gasteiger partial charge in [0.15, 0.2) is 0 Å². The Hall–Kier alpha value is -6.44. The molecule has 8 aromatic carbocycles. The molecule has 4 fully saturated rings. The van der Waals surface area contributed by atoms with Gasteiger partial charge >= 0.3 is 0 Å². The van der Waals surface area contributed by atoms with Crippen molar-refractivity contribution in [3.8, 4) is 55.6 Å². The fourth-order valence-corrected chi connectivity index (χ4v) is 14.0. The van der Waals surface area contributed by atoms with Gasteiger partial charge in [0.1, 0.15) is 0 Å². The van der Waals surface area contributed by atoms with Crippen LogP contribution >= 0.6 is 0 Å². The lowest BCUT2D eigenvalue weighted by molar-refractivity contribution is 0.191. The van der Waals surface area contributed by atoms with Crippen molar-refractivity contribution in [2.24, 2.45) is 23.7 Å². The largest absolute Gasteiger partial charge is 0.309 e. The van der Waals surface area contributed by atoms with Gasteiger partial charge in [-0.1, -0.05) is 178 Å². The predicted octanol–water partition coefficient (Wildman–Crippen LogP) is 16.6. The van der Waals surface area contributed by atoms with Gasteiger partial charge in [-0.25, -0.2) is 0 Å². The molecule has 6 aliphatic rings. The molecule has 0 aliphatic heterocycles. The summed E-state index contributed by atoms with van der Waals surface area (Å²) in [6.07, 6.45) is 7.48. The van der Waals surface area contributed by atoms with Gasteiger partial charge in [-0.3, -0.25) is 0 Å². The zero-order chi connectivity index (χ0) is 42.7. The number of aryl methyl sites for hydroxylation is 2. The van der Waals surface area contributed by atoms with Crippen molar-refractivity contribution < 1.29 is 0 Å². The molecule has 4 bridgehead atoms. The standard InChI is InChI=1S/C63H55N/c1-62(2,3)45-31-30-43-29-28-42-18-7-8-20-49(42)61-54(50-21-9-10-22-51(50)55(43)38-45)24-15-27-60(61)64(59-26-14-12-19-48(59)41-16-5-4-6-17-41)47-32-33-53-52-23-11-13-25-56(52)63(58(53)39-47)46-35-40-34-44(37-46)57(63)36-40/h4-27,30-33,38-40,44,46,57H,28-29,34-37H2,1-3H3. The Morgan fingerprint density at radius 2 is 1.09 bits per heavy atom. The first-order valence-corrected chi connectivity index (χ1v) is 24.0. The minimum atomic E-state index is 0.0386. The summed E-state index contributed by atoms with van der Waals surface area (Å²) in [5, 5.41) is 0. The first-order chi connectivity index (χ1) is 31.4. The number of hydrogen-bond donors (Lipinski definition) is 0. The summed E-state index contributed by atoms with van der Waals surface area (Å²) in [6, 6.07) is 70.2. The van der Waals surface area contributed by atoms with Crippen LogP contribution in [0.4, 0.5) is 17.1 Å². The van der Waals surface area contributed by atoms with Gasteiger partial charge < -0.3 is 4.90 Å². The number of para-hydroxylation sites is 1. The molecule has 0 aromatic heterocycles. The Labute approximate surface area is 379 Å². The summed E-state index contributed by atoms with van der Waals surface area (Å²) in [4.78, 5) is 2.65. The summed E-state index contributed by atoms with van der Waals surface area (Å²) in [5.41, 5.74) is 24.3. The molecule has 0 saturated heterocycles. The molecule has 0 amide bonds. The number of nitrogens with zero attached hydrogens (tertiary/aromatic N) is 1. The maximum atomic E-state index is 2.68. The Kier molecular flexibility index (Phi) is 8.49. The highest BCUT2D eigenvalue weighted by molar-refractivity contribution is 6.03. The summed E-state index contributed by atoms with van der Waals surface area (Å²) < 4.78 is 0. The molecule has 0 radical (unpaired) electrons. The quantitative estimate of drug-likeness (QED) is 0.171. The Balaban J connectivity index is 1.11. The van der Waals surface area contributed by atoms with E-state index in [0.717, 1.165) is 24.7 Å². The van der Waals surface area contributed by atoms with E-state index in [1.165, 1.54) is 115 Å². The maximum absolute atomic E-state index is 2.68. The maximum Gasteiger partial charge on any atom is 0.0546 e. The van der Waals surface area contributed by atoms with Crippen LogP contribution < -0.4 is 4.90 Å². The third kappa shape index (κ3) is 5.55. The van der Waals surface area contributed by atoms with Gasteiger partial charge in [0, 0.05) is 22.2 Å². The minimum Gasteiger partial charge on any atom is -0.309 e. The lowest BCUT2D eigenvalue weighted by atomic mass is 9.59. The normalized spacial score (nSPS) is 22.0. The van der Waals surface area contributed by atoms with Crippen LogP contribution in [0.1, 0.15) is 74.3 Å². The first-order valence-electron chi connectivity index (χ1n) is 24.0. The van der Waals surface area contributed by atoms with Gasteiger partial charge in [0.05, 0.1) is 11.4 Å². The summed E-state index contributed by atoms with van der Waals surface area (Å²) >= 11 is 0. The smallest absolute Gasteiger partial charge is 0.0546 e.